The summed E-state index contributed by atoms with van der Waals surface area (Å²) >= 11 is 0. The standard InChI is InChI=1S/C20H30O4/c1-4-6-8-9-10-11-15-23-17-12-13-18(20(21)22-3)19(16-17)24-14-7-5-2/h7,12-14,16H,4-6,8-11,15H2,1-3H3. The minimum Gasteiger partial charge on any atom is -0.493 e. The number of ether oxygens (including phenoxy) is 3. The van der Waals surface area contributed by atoms with Gasteiger partial charge in [0.2, 0.25) is 0 Å². The molecule has 0 heterocycles. The maximum absolute atomic E-state index is 11.8. The average Bonchev–Trinajstić information content (AvgIpc) is 2.60. The number of unbranched alkanes of at least 4 members (excludes halogenated alkanes) is 5. The fraction of sp³-hybridized carbons (Fsp3) is 0.550. The van der Waals surface area contributed by atoms with Gasteiger partial charge in [-0.3, -0.25) is 0 Å². The lowest BCUT2D eigenvalue weighted by atomic mass is 10.1. The van der Waals surface area contributed by atoms with Crippen LogP contribution >= 0.6 is 0 Å². The first-order valence-electron chi connectivity index (χ1n) is 8.89. The Morgan fingerprint density at radius 3 is 2.54 bits per heavy atom. The molecule has 134 valence electrons. The van der Waals surface area contributed by atoms with Crippen molar-refractivity contribution in [1.82, 2.24) is 0 Å². The molecule has 1 aromatic rings. The van der Waals surface area contributed by atoms with E-state index in [0.29, 0.717) is 23.7 Å². The third-order valence-electron chi connectivity index (χ3n) is 3.65. The third kappa shape index (κ3) is 7.53. The summed E-state index contributed by atoms with van der Waals surface area (Å²) in [6.07, 6.45) is 11.7. The van der Waals surface area contributed by atoms with Crippen LogP contribution in [-0.4, -0.2) is 19.7 Å². The molecule has 0 unspecified atom stereocenters. The molecule has 0 amide bonds. The molecule has 24 heavy (non-hydrogen) atoms. The maximum atomic E-state index is 11.8. The summed E-state index contributed by atoms with van der Waals surface area (Å²) in [7, 11) is 1.36. The highest BCUT2D eigenvalue weighted by molar-refractivity contribution is 5.92. The van der Waals surface area contributed by atoms with E-state index in [0.717, 1.165) is 12.8 Å². The molecule has 0 aromatic heterocycles. The summed E-state index contributed by atoms with van der Waals surface area (Å²) in [5, 5.41) is 0. The van der Waals surface area contributed by atoms with Crippen LogP contribution in [0.2, 0.25) is 0 Å². The molecule has 0 aliphatic heterocycles. The fourth-order valence-corrected chi connectivity index (χ4v) is 2.26. The predicted molar refractivity (Wildman–Crippen MR) is 96.7 cm³/mol. The second kappa shape index (κ2) is 12.5. The normalized spacial score (nSPS) is 10.8. The molecule has 0 spiro atoms. The van der Waals surface area contributed by atoms with Crippen molar-refractivity contribution in [3.63, 3.8) is 0 Å². The molecular weight excluding hydrogens is 304 g/mol. The van der Waals surface area contributed by atoms with Crippen molar-refractivity contribution in [2.24, 2.45) is 0 Å². The van der Waals surface area contributed by atoms with E-state index in [1.807, 2.05) is 13.0 Å². The quantitative estimate of drug-likeness (QED) is 0.287. The first-order valence-corrected chi connectivity index (χ1v) is 8.89. The van der Waals surface area contributed by atoms with E-state index in [2.05, 4.69) is 6.92 Å². The maximum Gasteiger partial charge on any atom is 0.341 e. The van der Waals surface area contributed by atoms with Gasteiger partial charge in [0.1, 0.15) is 17.1 Å². The Hall–Kier alpha value is -1.97. The molecule has 0 bridgehead atoms. The van der Waals surface area contributed by atoms with Crippen molar-refractivity contribution in [1.29, 1.82) is 0 Å². The van der Waals surface area contributed by atoms with Crippen molar-refractivity contribution in [3.05, 3.63) is 36.1 Å². The van der Waals surface area contributed by atoms with Gasteiger partial charge in [0.25, 0.3) is 0 Å². The Morgan fingerprint density at radius 2 is 1.83 bits per heavy atom. The molecule has 0 saturated carbocycles. The van der Waals surface area contributed by atoms with Gasteiger partial charge in [0.05, 0.1) is 20.0 Å². The zero-order valence-corrected chi connectivity index (χ0v) is 15.2. The summed E-state index contributed by atoms with van der Waals surface area (Å²) < 4.78 is 16.1. The zero-order chi connectivity index (χ0) is 17.6. The summed E-state index contributed by atoms with van der Waals surface area (Å²) in [6.45, 7) is 4.91. The van der Waals surface area contributed by atoms with Crippen LogP contribution in [-0.2, 0) is 4.74 Å². The smallest absolute Gasteiger partial charge is 0.341 e. The molecule has 4 nitrogen and oxygen atoms in total. The van der Waals surface area contributed by atoms with E-state index < -0.39 is 5.97 Å². The van der Waals surface area contributed by atoms with Crippen LogP contribution in [0.1, 0.15) is 69.2 Å². The molecule has 0 atom stereocenters. The number of rotatable bonds is 12. The number of esters is 1. The summed E-state index contributed by atoms with van der Waals surface area (Å²) in [5.74, 6) is 0.737. The lowest BCUT2D eigenvalue weighted by Gasteiger charge is -2.11. The Morgan fingerprint density at radius 1 is 1.08 bits per heavy atom. The van der Waals surface area contributed by atoms with Crippen LogP contribution < -0.4 is 9.47 Å². The molecule has 0 saturated heterocycles. The molecule has 1 rings (SSSR count). The number of carbonyl (C=O) groups excluding carboxylic acids is 1. The van der Waals surface area contributed by atoms with Gasteiger partial charge in [-0.15, -0.1) is 0 Å². The van der Waals surface area contributed by atoms with Crippen molar-refractivity contribution in [2.45, 2.75) is 58.8 Å². The van der Waals surface area contributed by atoms with Crippen molar-refractivity contribution < 1.29 is 19.0 Å². The van der Waals surface area contributed by atoms with Crippen molar-refractivity contribution in [3.8, 4) is 11.5 Å². The van der Waals surface area contributed by atoms with Crippen LogP contribution in [0.3, 0.4) is 0 Å². The number of hydrogen-bond acceptors (Lipinski definition) is 4. The lowest BCUT2D eigenvalue weighted by Crippen LogP contribution is -2.05. The number of carbonyl (C=O) groups is 1. The number of allylic oxidation sites excluding steroid dienone is 1. The van der Waals surface area contributed by atoms with E-state index in [-0.39, 0.29) is 0 Å². The highest BCUT2D eigenvalue weighted by Crippen LogP contribution is 2.26. The molecule has 4 heteroatoms. The van der Waals surface area contributed by atoms with Crippen LogP contribution in [0.25, 0.3) is 0 Å². The molecule has 0 radical (unpaired) electrons. The van der Waals surface area contributed by atoms with Crippen LogP contribution in [0.15, 0.2) is 30.5 Å². The van der Waals surface area contributed by atoms with E-state index in [1.165, 1.54) is 39.2 Å². The second-order valence-corrected chi connectivity index (χ2v) is 5.66. The molecule has 0 fully saturated rings. The monoisotopic (exact) mass is 334 g/mol. The van der Waals surface area contributed by atoms with Gasteiger partial charge in [0.15, 0.2) is 0 Å². The number of methoxy groups -OCH3 is 1. The van der Waals surface area contributed by atoms with Gasteiger partial charge in [-0.25, -0.2) is 4.79 Å². The minimum atomic E-state index is -0.419. The summed E-state index contributed by atoms with van der Waals surface area (Å²) in [6, 6.07) is 5.20. The molecule has 1 aromatic carbocycles. The fourth-order valence-electron chi connectivity index (χ4n) is 2.26. The van der Waals surface area contributed by atoms with Gasteiger partial charge >= 0.3 is 5.97 Å². The molecule has 0 aliphatic carbocycles. The number of hydrogen-bond donors (Lipinski definition) is 0. The van der Waals surface area contributed by atoms with E-state index in [9.17, 15) is 4.79 Å². The van der Waals surface area contributed by atoms with Gasteiger partial charge in [-0.05, 0) is 31.1 Å². The Bertz CT molecular complexity index is 508. The molecular formula is C20H30O4. The van der Waals surface area contributed by atoms with E-state index in [4.69, 9.17) is 14.2 Å². The van der Waals surface area contributed by atoms with E-state index in [1.54, 1.807) is 24.5 Å². The highest BCUT2D eigenvalue weighted by atomic mass is 16.5. The first-order chi connectivity index (χ1) is 11.7. The Labute approximate surface area is 145 Å². The average molecular weight is 334 g/mol. The van der Waals surface area contributed by atoms with Crippen molar-refractivity contribution in [2.75, 3.05) is 13.7 Å². The van der Waals surface area contributed by atoms with Crippen LogP contribution in [0.4, 0.5) is 0 Å². The second-order valence-electron chi connectivity index (χ2n) is 5.66. The predicted octanol–water partition coefficient (Wildman–Crippen LogP) is 5.52. The number of benzene rings is 1. The first kappa shape index (κ1) is 20.1. The Balaban J connectivity index is 2.57. The van der Waals surface area contributed by atoms with Gasteiger partial charge in [0, 0.05) is 6.07 Å². The molecule has 0 N–H and O–H groups in total. The van der Waals surface area contributed by atoms with Gasteiger partial charge < -0.3 is 14.2 Å². The topological polar surface area (TPSA) is 44.8 Å². The largest absolute Gasteiger partial charge is 0.493 e. The SMILES string of the molecule is CCC=COc1cc(OCCCCCCCC)ccc1C(=O)OC. The van der Waals surface area contributed by atoms with Crippen LogP contribution in [0, 0.1) is 0 Å². The minimum absolute atomic E-state index is 0.394. The highest BCUT2D eigenvalue weighted by Gasteiger charge is 2.14. The Kier molecular flexibility index (Phi) is 10.4. The van der Waals surface area contributed by atoms with Crippen molar-refractivity contribution >= 4 is 5.97 Å². The van der Waals surface area contributed by atoms with E-state index >= 15 is 0 Å². The molecule has 0 aliphatic rings. The third-order valence-corrected chi connectivity index (χ3v) is 3.65. The van der Waals surface area contributed by atoms with Gasteiger partial charge in [-0.2, -0.15) is 0 Å². The van der Waals surface area contributed by atoms with Gasteiger partial charge in [-0.1, -0.05) is 46.0 Å². The van der Waals surface area contributed by atoms with Crippen LogP contribution in [0.5, 0.6) is 11.5 Å². The summed E-state index contributed by atoms with van der Waals surface area (Å²) in [5.41, 5.74) is 0.394. The zero-order valence-electron chi connectivity index (χ0n) is 15.2. The summed E-state index contributed by atoms with van der Waals surface area (Å²) in [4.78, 5) is 11.8. The lowest BCUT2D eigenvalue weighted by molar-refractivity contribution is 0.0597.